The summed E-state index contributed by atoms with van der Waals surface area (Å²) in [5, 5.41) is 3.71. The molecule has 1 N–H and O–H groups in total. The number of halogens is 1. The Morgan fingerprint density at radius 1 is 1.45 bits per heavy atom. The summed E-state index contributed by atoms with van der Waals surface area (Å²) in [5.74, 6) is 0.409. The molecule has 1 aromatic carbocycles. The average Bonchev–Trinajstić information content (AvgIpc) is 2.97. The van der Waals surface area contributed by atoms with Crippen LogP contribution in [0.3, 0.4) is 0 Å². The summed E-state index contributed by atoms with van der Waals surface area (Å²) in [7, 11) is 1.39. The minimum atomic E-state index is -0.299. The Balaban J connectivity index is 2.04. The highest BCUT2D eigenvalue weighted by molar-refractivity contribution is 6.32. The lowest BCUT2D eigenvalue weighted by Gasteiger charge is -2.24. The van der Waals surface area contributed by atoms with Gasteiger partial charge >= 0.3 is 5.97 Å². The van der Waals surface area contributed by atoms with Crippen LogP contribution in [0.15, 0.2) is 18.2 Å². The van der Waals surface area contributed by atoms with Crippen molar-refractivity contribution in [2.24, 2.45) is 0 Å². The molecule has 0 aliphatic carbocycles. The first-order valence-electron chi connectivity index (χ1n) is 7.65. The lowest BCUT2D eigenvalue weighted by molar-refractivity contribution is -0.142. The van der Waals surface area contributed by atoms with E-state index in [1.165, 1.54) is 12.7 Å². The Kier molecular flexibility index (Phi) is 5.35. The molecule has 5 heteroatoms. The number of methoxy groups -OCH3 is 1. The first kappa shape index (κ1) is 17.1. The minimum absolute atomic E-state index is 0.0772. The number of carbonyl (C=O) groups excluding carboxylic acids is 1. The van der Waals surface area contributed by atoms with Crippen molar-refractivity contribution in [2.45, 2.75) is 51.2 Å². The van der Waals surface area contributed by atoms with Crippen LogP contribution in [0.5, 0.6) is 5.75 Å². The summed E-state index contributed by atoms with van der Waals surface area (Å²) in [6.45, 7) is 7.16. The third kappa shape index (κ3) is 3.73. The lowest BCUT2D eigenvalue weighted by atomic mass is 9.82. The minimum Gasteiger partial charge on any atom is -0.487 e. The zero-order chi connectivity index (χ0) is 16.3. The molecule has 2 unspecified atom stereocenters. The normalized spacial score (nSPS) is 21.7. The van der Waals surface area contributed by atoms with Gasteiger partial charge in [0.05, 0.1) is 12.1 Å². The summed E-state index contributed by atoms with van der Waals surface area (Å²) in [4.78, 5) is 11.5. The van der Waals surface area contributed by atoms with E-state index in [1.54, 1.807) is 0 Å². The summed E-state index contributed by atoms with van der Waals surface area (Å²) >= 11 is 6.36. The molecule has 2 atom stereocenters. The Morgan fingerprint density at radius 3 is 2.77 bits per heavy atom. The van der Waals surface area contributed by atoms with E-state index in [1.807, 2.05) is 12.1 Å². The van der Waals surface area contributed by atoms with E-state index >= 15 is 0 Å². The fourth-order valence-electron chi connectivity index (χ4n) is 2.52. The molecular weight excluding hydrogens is 302 g/mol. The topological polar surface area (TPSA) is 47.6 Å². The Hall–Kier alpha value is -1.26. The largest absolute Gasteiger partial charge is 0.487 e. The molecule has 0 saturated carbocycles. The van der Waals surface area contributed by atoms with E-state index in [4.69, 9.17) is 21.1 Å². The third-order valence-electron chi connectivity index (χ3n) is 4.47. The number of carbonyl (C=O) groups is 1. The predicted octanol–water partition coefficient (Wildman–Crippen LogP) is 3.31. The number of rotatable bonds is 5. The van der Waals surface area contributed by atoms with Gasteiger partial charge in [-0.25, -0.2) is 0 Å². The maximum atomic E-state index is 11.5. The molecule has 1 fully saturated rings. The Bertz CT molecular complexity index is 545. The van der Waals surface area contributed by atoms with E-state index in [9.17, 15) is 4.79 Å². The second kappa shape index (κ2) is 6.88. The molecule has 1 aliphatic rings. The molecule has 1 heterocycles. The lowest BCUT2D eigenvalue weighted by Crippen LogP contribution is -2.31. The number of hydrogen-bond donors (Lipinski definition) is 1. The van der Waals surface area contributed by atoms with Gasteiger partial charge in [-0.05, 0) is 29.5 Å². The SMILES string of the molecule is CCC(C)(C)c1ccc(OC2CNC(C(=O)OC)C2)c(Cl)c1. The van der Waals surface area contributed by atoms with Crippen molar-refractivity contribution in [1.29, 1.82) is 0 Å². The number of benzene rings is 1. The van der Waals surface area contributed by atoms with E-state index in [0.29, 0.717) is 23.7 Å². The molecule has 122 valence electrons. The van der Waals surface area contributed by atoms with Crippen molar-refractivity contribution in [3.8, 4) is 5.75 Å². The highest BCUT2D eigenvalue weighted by Gasteiger charge is 2.31. The zero-order valence-electron chi connectivity index (χ0n) is 13.6. The standard InChI is InChI=1S/C17H24ClNO3/c1-5-17(2,3)11-6-7-15(13(18)8-11)22-12-9-14(19-10-12)16(20)21-4/h6-8,12,14,19H,5,9-10H2,1-4H3. The second-order valence-corrected chi connectivity index (χ2v) is 6.75. The van der Waals surface area contributed by atoms with Crippen LogP contribution >= 0.6 is 11.6 Å². The quantitative estimate of drug-likeness (QED) is 0.844. The summed E-state index contributed by atoms with van der Waals surface area (Å²) in [5.41, 5.74) is 1.29. The number of ether oxygens (including phenoxy) is 2. The molecule has 1 aromatic rings. The van der Waals surface area contributed by atoms with Crippen LogP contribution in [0.25, 0.3) is 0 Å². The van der Waals surface area contributed by atoms with Gasteiger partial charge in [0.15, 0.2) is 0 Å². The smallest absolute Gasteiger partial charge is 0.323 e. The monoisotopic (exact) mass is 325 g/mol. The van der Waals surface area contributed by atoms with Crippen molar-refractivity contribution in [3.05, 3.63) is 28.8 Å². The van der Waals surface area contributed by atoms with Crippen LogP contribution in [0, 0.1) is 0 Å². The zero-order valence-corrected chi connectivity index (χ0v) is 14.4. The fourth-order valence-corrected chi connectivity index (χ4v) is 2.74. The highest BCUT2D eigenvalue weighted by atomic mass is 35.5. The van der Waals surface area contributed by atoms with Crippen LogP contribution in [0.1, 0.15) is 39.2 Å². The van der Waals surface area contributed by atoms with Crippen molar-refractivity contribution in [1.82, 2.24) is 5.32 Å². The van der Waals surface area contributed by atoms with Crippen LogP contribution < -0.4 is 10.1 Å². The third-order valence-corrected chi connectivity index (χ3v) is 4.76. The van der Waals surface area contributed by atoms with Gasteiger partial charge in [0.25, 0.3) is 0 Å². The number of nitrogens with one attached hydrogen (secondary N) is 1. The fraction of sp³-hybridized carbons (Fsp3) is 0.588. The Morgan fingerprint density at radius 2 is 2.18 bits per heavy atom. The van der Waals surface area contributed by atoms with Crippen LogP contribution in [0.2, 0.25) is 5.02 Å². The van der Waals surface area contributed by atoms with Gasteiger partial charge in [-0.1, -0.05) is 38.4 Å². The maximum absolute atomic E-state index is 11.5. The molecule has 0 aromatic heterocycles. The van der Waals surface area contributed by atoms with E-state index < -0.39 is 0 Å². The molecule has 2 rings (SSSR count). The van der Waals surface area contributed by atoms with Gasteiger partial charge in [0.2, 0.25) is 0 Å². The number of esters is 1. The van der Waals surface area contributed by atoms with Gasteiger partial charge in [0, 0.05) is 13.0 Å². The van der Waals surface area contributed by atoms with Crippen molar-refractivity contribution in [3.63, 3.8) is 0 Å². The van der Waals surface area contributed by atoms with E-state index in [0.717, 1.165) is 6.42 Å². The van der Waals surface area contributed by atoms with Crippen LogP contribution in [0.4, 0.5) is 0 Å². The second-order valence-electron chi connectivity index (χ2n) is 6.34. The van der Waals surface area contributed by atoms with Crippen molar-refractivity contribution < 1.29 is 14.3 Å². The van der Waals surface area contributed by atoms with Crippen LogP contribution in [-0.2, 0) is 14.9 Å². The van der Waals surface area contributed by atoms with Gasteiger partial charge in [0.1, 0.15) is 17.9 Å². The highest BCUT2D eigenvalue weighted by Crippen LogP contribution is 2.34. The molecule has 22 heavy (non-hydrogen) atoms. The van der Waals surface area contributed by atoms with Gasteiger partial charge in [-0.15, -0.1) is 0 Å². The first-order chi connectivity index (χ1) is 10.4. The average molecular weight is 326 g/mol. The van der Waals surface area contributed by atoms with Gasteiger partial charge < -0.3 is 14.8 Å². The maximum Gasteiger partial charge on any atom is 0.323 e. The molecule has 1 aliphatic heterocycles. The molecule has 0 radical (unpaired) electrons. The first-order valence-corrected chi connectivity index (χ1v) is 8.03. The molecule has 1 saturated heterocycles. The predicted molar refractivity (Wildman–Crippen MR) is 87.6 cm³/mol. The molecule has 4 nitrogen and oxygen atoms in total. The summed E-state index contributed by atoms with van der Waals surface area (Å²) in [6, 6.07) is 5.65. The molecule has 0 spiro atoms. The van der Waals surface area contributed by atoms with Gasteiger partial charge in [-0.3, -0.25) is 4.79 Å². The molecular formula is C17H24ClNO3. The number of hydrogen-bond acceptors (Lipinski definition) is 4. The van der Waals surface area contributed by atoms with Crippen molar-refractivity contribution in [2.75, 3.05) is 13.7 Å². The van der Waals surface area contributed by atoms with Gasteiger partial charge in [-0.2, -0.15) is 0 Å². The van der Waals surface area contributed by atoms with E-state index in [-0.39, 0.29) is 23.5 Å². The van der Waals surface area contributed by atoms with Crippen LogP contribution in [-0.4, -0.2) is 31.8 Å². The summed E-state index contributed by atoms with van der Waals surface area (Å²) < 4.78 is 10.7. The molecule has 0 amide bonds. The molecule has 0 bridgehead atoms. The van der Waals surface area contributed by atoms with Crippen molar-refractivity contribution >= 4 is 17.6 Å². The Labute approximate surface area is 137 Å². The summed E-state index contributed by atoms with van der Waals surface area (Å²) in [6.07, 6.45) is 1.55. The van der Waals surface area contributed by atoms with E-state index in [2.05, 4.69) is 32.2 Å².